The number of hydrogen-bond donors (Lipinski definition) is 0. The van der Waals surface area contributed by atoms with Gasteiger partial charge in [0, 0.05) is 30.6 Å². The molecule has 1 aromatic carbocycles. The van der Waals surface area contributed by atoms with Crippen molar-refractivity contribution in [2.75, 3.05) is 7.11 Å². The molecule has 0 aliphatic carbocycles. The van der Waals surface area contributed by atoms with E-state index in [1.807, 2.05) is 6.07 Å². The van der Waals surface area contributed by atoms with Crippen LogP contribution in [0.4, 0.5) is 0 Å². The Balaban J connectivity index is 1.88. The highest BCUT2D eigenvalue weighted by Gasteiger charge is 2.09. The SMILES string of the molecule is COc1ncc(Cc2cnc(CC#N)nc2)cc1-c1ccc(C)cc1. The first kappa shape index (κ1) is 16.6. The molecule has 2 heterocycles. The Labute approximate surface area is 147 Å². The summed E-state index contributed by atoms with van der Waals surface area (Å²) in [6.07, 6.45) is 6.22. The zero-order valence-corrected chi connectivity index (χ0v) is 14.2. The van der Waals surface area contributed by atoms with Crippen LogP contribution in [0.5, 0.6) is 5.88 Å². The van der Waals surface area contributed by atoms with Gasteiger partial charge in [0.05, 0.1) is 19.6 Å². The van der Waals surface area contributed by atoms with Gasteiger partial charge in [-0.15, -0.1) is 0 Å². The van der Waals surface area contributed by atoms with E-state index in [1.54, 1.807) is 25.7 Å². The van der Waals surface area contributed by atoms with Gasteiger partial charge in [0.2, 0.25) is 5.88 Å². The molecule has 0 aliphatic heterocycles. The van der Waals surface area contributed by atoms with Gasteiger partial charge in [0.1, 0.15) is 5.82 Å². The van der Waals surface area contributed by atoms with Crippen LogP contribution < -0.4 is 4.74 Å². The number of hydrogen-bond acceptors (Lipinski definition) is 5. The molecule has 0 unspecified atom stereocenters. The fraction of sp³-hybridized carbons (Fsp3) is 0.200. The maximum Gasteiger partial charge on any atom is 0.221 e. The first-order valence-corrected chi connectivity index (χ1v) is 7.96. The van der Waals surface area contributed by atoms with E-state index in [-0.39, 0.29) is 6.42 Å². The molecule has 2 aromatic heterocycles. The summed E-state index contributed by atoms with van der Waals surface area (Å²) < 4.78 is 5.41. The molecule has 0 atom stereocenters. The average molecular weight is 330 g/mol. The van der Waals surface area contributed by atoms with E-state index in [0.717, 1.165) is 22.3 Å². The molecule has 5 heteroatoms. The third kappa shape index (κ3) is 3.99. The van der Waals surface area contributed by atoms with E-state index >= 15 is 0 Å². The van der Waals surface area contributed by atoms with Crippen molar-refractivity contribution in [1.29, 1.82) is 5.26 Å². The predicted octanol–water partition coefficient (Wildman–Crippen LogP) is 3.51. The lowest BCUT2D eigenvalue weighted by molar-refractivity contribution is 0.399. The van der Waals surface area contributed by atoms with Crippen LogP contribution in [0.1, 0.15) is 22.5 Å². The highest BCUT2D eigenvalue weighted by Crippen LogP contribution is 2.29. The van der Waals surface area contributed by atoms with Gasteiger partial charge in [-0.2, -0.15) is 5.26 Å². The van der Waals surface area contributed by atoms with E-state index in [4.69, 9.17) is 10.00 Å². The van der Waals surface area contributed by atoms with E-state index in [1.165, 1.54) is 5.56 Å². The van der Waals surface area contributed by atoms with Gasteiger partial charge in [-0.05, 0) is 29.7 Å². The third-order valence-electron chi connectivity index (χ3n) is 3.87. The summed E-state index contributed by atoms with van der Waals surface area (Å²) in [6.45, 7) is 2.06. The molecule has 3 aromatic rings. The minimum Gasteiger partial charge on any atom is -0.481 e. The van der Waals surface area contributed by atoms with Crippen molar-refractivity contribution in [2.24, 2.45) is 0 Å². The first-order valence-electron chi connectivity index (χ1n) is 7.96. The van der Waals surface area contributed by atoms with E-state index in [9.17, 15) is 0 Å². The van der Waals surface area contributed by atoms with Crippen molar-refractivity contribution in [3.63, 3.8) is 0 Å². The molecular weight excluding hydrogens is 312 g/mol. The summed E-state index contributed by atoms with van der Waals surface area (Å²) in [5.41, 5.74) is 5.26. The largest absolute Gasteiger partial charge is 0.481 e. The lowest BCUT2D eigenvalue weighted by atomic mass is 10.0. The van der Waals surface area contributed by atoms with Crippen molar-refractivity contribution in [1.82, 2.24) is 15.0 Å². The number of aryl methyl sites for hydroxylation is 1. The van der Waals surface area contributed by atoms with Crippen LogP contribution in [0, 0.1) is 18.3 Å². The second kappa shape index (κ2) is 7.54. The summed E-state index contributed by atoms with van der Waals surface area (Å²) in [7, 11) is 1.63. The third-order valence-corrected chi connectivity index (χ3v) is 3.87. The van der Waals surface area contributed by atoms with Gasteiger partial charge in [0.25, 0.3) is 0 Å². The standard InChI is InChI=1S/C20H18N4O/c1-14-3-5-17(6-4-14)18-10-15(11-24-20(18)25-2)9-16-12-22-19(7-8-21)23-13-16/h3-6,10-13H,7,9H2,1-2H3. The molecule has 0 spiro atoms. The van der Waals surface area contributed by atoms with Crippen LogP contribution in [0.25, 0.3) is 11.1 Å². The molecule has 3 rings (SSSR count). The van der Waals surface area contributed by atoms with Gasteiger partial charge in [-0.25, -0.2) is 15.0 Å². The lowest BCUT2D eigenvalue weighted by Crippen LogP contribution is -1.98. The van der Waals surface area contributed by atoms with Crippen molar-refractivity contribution in [2.45, 2.75) is 19.8 Å². The molecule has 0 saturated carbocycles. The molecule has 0 saturated heterocycles. The Bertz CT molecular complexity index is 896. The van der Waals surface area contributed by atoms with Crippen molar-refractivity contribution >= 4 is 0 Å². The zero-order valence-electron chi connectivity index (χ0n) is 14.2. The second-order valence-corrected chi connectivity index (χ2v) is 5.79. The van der Waals surface area contributed by atoms with E-state index < -0.39 is 0 Å². The van der Waals surface area contributed by atoms with Gasteiger partial charge >= 0.3 is 0 Å². The number of rotatable bonds is 5. The molecule has 0 amide bonds. The summed E-state index contributed by atoms with van der Waals surface area (Å²) in [4.78, 5) is 12.9. The highest BCUT2D eigenvalue weighted by molar-refractivity contribution is 5.69. The molecule has 25 heavy (non-hydrogen) atoms. The van der Waals surface area contributed by atoms with Crippen LogP contribution in [0.15, 0.2) is 48.9 Å². The number of pyridine rings is 1. The normalized spacial score (nSPS) is 10.3. The second-order valence-electron chi connectivity index (χ2n) is 5.79. The van der Waals surface area contributed by atoms with Crippen LogP contribution in [0.3, 0.4) is 0 Å². The Morgan fingerprint density at radius 2 is 1.68 bits per heavy atom. The van der Waals surface area contributed by atoms with Crippen molar-refractivity contribution in [3.8, 4) is 23.1 Å². The van der Waals surface area contributed by atoms with E-state index in [0.29, 0.717) is 18.1 Å². The Morgan fingerprint density at radius 3 is 2.32 bits per heavy atom. The maximum absolute atomic E-state index is 8.68. The quantitative estimate of drug-likeness (QED) is 0.716. The smallest absolute Gasteiger partial charge is 0.221 e. The number of nitrogens with zero attached hydrogens (tertiary/aromatic N) is 4. The number of methoxy groups -OCH3 is 1. The van der Waals surface area contributed by atoms with E-state index in [2.05, 4.69) is 52.2 Å². The first-order chi connectivity index (χ1) is 12.2. The average Bonchev–Trinajstić information content (AvgIpc) is 2.64. The Morgan fingerprint density at radius 1 is 1.00 bits per heavy atom. The number of ether oxygens (including phenoxy) is 1. The van der Waals surface area contributed by atoms with Gasteiger partial charge in [-0.1, -0.05) is 29.8 Å². The lowest BCUT2D eigenvalue weighted by Gasteiger charge is -2.10. The molecule has 124 valence electrons. The van der Waals surface area contributed by atoms with Crippen molar-refractivity contribution in [3.05, 3.63) is 71.4 Å². The molecule has 0 bridgehead atoms. The van der Waals surface area contributed by atoms with Crippen molar-refractivity contribution < 1.29 is 4.74 Å². The molecule has 0 N–H and O–H groups in total. The number of nitriles is 1. The molecule has 0 aliphatic rings. The minimum absolute atomic E-state index is 0.224. The molecule has 0 radical (unpaired) electrons. The fourth-order valence-electron chi connectivity index (χ4n) is 2.57. The highest BCUT2D eigenvalue weighted by atomic mass is 16.5. The molecule has 0 fully saturated rings. The predicted molar refractivity (Wildman–Crippen MR) is 95.1 cm³/mol. The number of aromatic nitrogens is 3. The number of benzene rings is 1. The zero-order chi connectivity index (χ0) is 17.6. The van der Waals surface area contributed by atoms with Crippen LogP contribution >= 0.6 is 0 Å². The van der Waals surface area contributed by atoms with Crippen LogP contribution in [-0.2, 0) is 12.8 Å². The Hall–Kier alpha value is -3.26. The van der Waals surface area contributed by atoms with Gasteiger partial charge < -0.3 is 4.74 Å². The maximum atomic E-state index is 8.68. The van der Waals surface area contributed by atoms with Gasteiger partial charge in [0.15, 0.2) is 0 Å². The minimum atomic E-state index is 0.224. The summed E-state index contributed by atoms with van der Waals surface area (Å²) in [5.74, 6) is 1.15. The van der Waals surface area contributed by atoms with Crippen LogP contribution in [0.2, 0.25) is 0 Å². The topological polar surface area (TPSA) is 71.7 Å². The van der Waals surface area contributed by atoms with Crippen LogP contribution in [-0.4, -0.2) is 22.1 Å². The summed E-state index contributed by atoms with van der Waals surface area (Å²) in [5, 5.41) is 8.68. The summed E-state index contributed by atoms with van der Waals surface area (Å²) >= 11 is 0. The Kier molecular flexibility index (Phi) is 5.00. The molecular formula is C20H18N4O. The monoisotopic (exact) mass is 330 g/mol. The van der Waals surface area contributed by atoms with Gasteiger partial charge in [-0.3, -0.25) is 0 Å². The molecule has 5 nitrogen and oxygen atoms in total. The summed E-state index contributed by atoms with van der Waals surface area (Å²) in [6, 6.07) is 12.4. The fourth-order valence-corrected chi connectivity index (χ4v) is 2.57.